The molecule has 25 heteroatoms. The predicted molar refractivity (Wildman–Crippen MR) is 201 cm³/mol. The minimum atomic E-state index is -1.49. The molecule has 0 bridgehead atoms. The molecule has 3 unspecified atom stereocenters. The third-order valence-corrected chi connectivity index (χ3v) is 9.49. The molecule has 2 aliphatic heterocycles. The fraction of sp³-hybridized carbons (Fsp3) is 0.472. The van der Waals surface area contributed by atoms with Gasteiger partial charge in [-0.15, -0.1) is 30.4 Å². The van der Waals surface area contributed by atoms with E-state index in [4.69, 9.17) is 44.8 Å². The molecular weight excluding hydrogens is 836 g/mol. The van der Waals surface area contributed by atoms with Crippen molar-refractivity contribution in [3.05, 3.63) is 91.0 Å². The van der Waals surface area contributed by atoms with Crippen LogP contribution in [0.25, 0.3) is 22.5 Å². The highest BCUT2D eigenvalue weighted by Crippen LogP contribution is 2.32. The van der Waals surface area contributed by atoms with Crippen molar-refractivity contribution in [2.45, 2.75) is 76.5 Å². The number of H-pyrrole nitrogens is 1. The lowest BCUT2D eigenvalue weighted by Gasteiger charge is -2.19. The van der Waals surface area contributed by atoms with Gasteiger partial charge in [-0.2, -0.15) is 5.21 Å². The standard InChI is InChI=1S/C36H39ClN8O16/c1-3-4-9-28-38-33(37)30(43(28)14-21-10-12-22(13-11-21)24-7-5-6-8-25(24)34-39-41-42-40-34)35(47)57-20(2)58-36(48)60-27-18-55-31-26(17-54-32(27)31)59-29(46)19-53-15-23(61-45(51)52)16-56-44(49)50/h5-8,10-13,20,23,26-27,31-32H,3-4,9,14-19H2,1-2H3,(H,39,40,41,42)/t20?,23-,26+,27+,31?,32?/m1/s1. The minimum Gasteiger partial charge on any atom is -0.455 e. The molecule has 2 aromatic heterocycles. The van der Waals surface area contributed by atoms with Gasteiger partial charge in [0, 0.05) is 25.5 Å². The topological polar surface area (TPSA) is 293 Å². The van der Waals surface area contributed by atoms with Gasteiger partial charge in [0.2, 0.25) is 12.1 Å². The van der Waals surface area contributed by atoms with Crippen LogP contribution in [0.15, 0.2) is 48.5 Å². The molecule has 24 nitrogen and oxygen atoms in total. The van der Waals surface area contributed by atoms with Crippen LogP contribution >= 0.6 is 11.6 Å². The number of nitrogens with zero attached hydrogens (tertiary/aromatic N) is 7. The van der Waals surface area contributed by atoms with Crippen LogP contribution in [0.5, 0.6) is 0 Å². The zero-order valence-corrected chi connectivity index (χ0v) is 33.2. The van der Waals surface area contributed by atoms with E-state index in [9.17, 15) is 34.6 Å². The van der Waals surface area contributed by atoms with Gasteiger partial charge in [0.15, 0.2) is 29.2 Å². The second-order valence-corrected chi connectivity index (χ2v) is 13.8. The molecule has 6 atom stereocenters. The number of rotatable bonds is 21. The van der Waals surface area contributed by atoms with Crippen LogP contribution in [-0.2, 0) is 60.6 Å². The number of aryl methyl sites for hydroxylation is 1. The lowest BCUT2D eigenvalue weighted by Crippen LogP contribution is -2.37. The number of fused-ring (bicyclic) bond motifs is 1. The van der Waals surface area contributed by atoms with E-state index in [1.54, 1.807) is 4.57 Å². The number of benzene rings is 2. The van der Waals surface area contributed by atoms with Crippen LogP contribution in [-0.4, -0.2) is 128 Å². The molecule has 0 aliphatic carbocycles. The van der Waals surface area contributed by atoms with E-state index < -0.39 is 84.9 Å². The number of esters is 2. The first-order valence-corrected chi connectivity index (χ1v) is 19.1. The largest absolute Gasteiger partial charge is 0.511 e. The lowest BCUT2D eigenvalue weighted by atomic mass is 9.98. The van der Waals surface area contributed by atoms with Gasteiger partial charge in [-0.25, -0.2) is 19.4 Å². The van der Waals surface area contributed by atoms with E-state index >= 15 is 0 Å². The summed E-state index contributed by atoms with van der Waals surface area (Å²) in [6.07, 6.45) is -5.58. The Morgan fingerprint density at radius 1 is 0.967 bits per heavy atom. The summed E-state index contributed by atoms with van der Waals surface area (Å²) in [4.78, 5) is 72.5. The number of hydrogen-bond donors (Lipinski definition) is 1. The summed E-state index contributed by atoms with van der Waals surface area (Å²) in [5.74, 6) is -0.784. The Bertz CT molecular complexity index is 2160. The highest BCUT2D eigenvalue weighted by Gasteiger charge is 2.51. The summed E-state index contributed by atoms with van der Waals surface area (Å²) >= 11 is 6.53. The molecule has 6 rings (SSSR count). The number of tetrazole rings is 1. The van der Waals surface area contributed by atoms with Gasteiger partial charge in [-0.1, -0.05) is 73.5 Å². The van der Waals surface area contributed by atoms with Crippen molar-refractivity contribution in [1.82, 2.24) is 30.2 Å². The molecule has 0 radical (unpaired) electrons. The maximum absolute atomic E-state index is 13.6. The second kappa shape index (κ2) is 20.7. The maximum Gasteiger partial charge on any atom is 0.511 e. The van der Waals surface area contributed by atoms with Crippen LogP contribution in [0.4, 0.5) is 4.79 Å². The van der Waals surface area contributed by atoms with Crippen molar-refractivity contribution in [1.29, 1.82) is 0 Å². The number of carbonyl (C=O) groups is 3. The van der Waals surface area contributed by atoms with Gasteiger partial charge >= 0.3 is 18.1 Å². The Morgan fingerprint density at radius 2 is 1.67 bits per heavy atom. The van der Waals surface area contributed by atoms with Gasteiger partial charge < -0.3 is 47.4 Å². The van der Waals surface area contributed by atoms with Crippen LogP contribution in [0.3, 0.4) is 0 Å². The SMILES string of the molecule is CCCCc1nc(Cl)c(C(=O)OC(C)OC(=O)O[C@H]2COC3C2OC[C@@H]3OC(=O)COC[C@H](CO[N+](=O)[O-])O[N+](=O)[O-])n1Cc1ccc(-c2ccccc2-c2nn[nH]n2)cc1. The van der Waals surface area contributed by atoms with E-state index in [0.717, 1.165) is 35.1 Å². The van der Waals surface area contributed by atoms with Gasteiger partial charge in [-0.3, -0.25) is 0 Å². The fourth-order valence-electron chi connectivity index (χ4n) is 6.54. The molecule has 0 amide bonds. The molecule has 2 fully saturated rings. The first-order chi connectivity index (χ1) is 29.4. The first kappa shape index (κ1) is 44.1. The average Bonchev–Trinajstić information content (AvgIpc) is 4.03. The smallest absolute Gasteiger partial charge is 0.455 e. The van der Waals surface area contributed by atoms with Crippen molar-refractivity contribution < 1.29 is 67.4 Å². The monoisotopic (exact) mass is 874 g/mol. The normalized spacial score (nSPS) is 19.0. The van der Waals surface area contributed by atoms with Gasteiger partial charge in [-0.05, 0) is 28.3 Å². The van der Waals surface area contributed by atoms with Crippen molar-refractivity contribution in [3.63, 3.8) is 0 Å². The molecule has 2 aromatic carbocycles. The summed E-state index contributed by atoms with van der Waals surface area (Å²) in [6, 6.07) is 15.4. The molecule has 61 heavy (non-hydrogen) atoms. The van der Waals surface area contributed by atoms with Gasteiger partial charge in [0.1, 0.15) is 31.2 Å². The summed E-state index contributed by atoms with van der Waals surface area (Å²) in [5.41, 5.74) is 3.40. The quantitative estimate of drug-likeness (QED) is 0.0413. The molecular formula is C36H39ClN8O16. The van der Waals surface area contributed by atoms with Crippen molar-refractivity contribution in [3.8, 4) is 22.5 Å². The Balaban J connectivity index is 1.01. The van der Waals surface area contributed by atoms with E-state index in [0.29, 0.717) is 18.1 Å². The van der Waals surface area contributed by atoms with Gasteiger partial charge in [0.05, 0.1) is 19.8 Å². The third kappa shape index (κ3) is 11.6. The number of imidazole rings is 1. The molecule has 0 saturated carbocycles. The highest BCUT2D eigenvalue weighted by atomic mass is 35.5. The van der Waals surface area contributed by atoms with Crippen LogP contribution in [0.2, 0.25) is 5.15 Å². The van der Waals surface area contributed by atoms with Crippen molar-refractivity contribution >= 4 is 29.7 Å². The Labute approximate surface area is 349 Å². The van der Waals surface area contributed by atoms with Crippen LogP contribution in [0, 0.1) is 20.2 Å². The summed E-state index contributed by atoms with van der Waals surface area (Å²) < 4.78 is 39.4. The minimum absolute atomic E-state index is 0.0333. The van der Waals surface area contributed by atoms with Crippen molar-refractivity contribution in [2.24, 2.45) is 0 Å². The number of carbonyl (C=O) groups excluding carboxylic acids is 3. The van der Waals surface area contributed by atoms with E-state index in [1.807, 2.05) is 55.5 Å². The summed E-state index contributed by atoms with van der Waals surface area (Å²) in [7, 11) is 0. The number of nitrogens with one attached hydrogen (secondary N) is 1. The summed E-state index contributed by atoms with van der Waals surface area (Å²) in [6.45, 7) is 1.15. The lowest BCUT2D eigenvalue weighted by molar-refractivity contribution is -0.790. The number of hydrogen-bond acceptors (Lipinski definition) is 20. The molecule has 4 aromatic rings. The number of halogens is 1. The molecule has 2 aliphatic rings. The van der Waals surface area contributed by atoms with Crippen molar-refractivity contribution in [2.75, 3.05) is 33.0 Å². The maximum atomic E-state index is 13.6. The molecule has 0 spiro atoms. The Morgan fingerprint density at radius 3 is 2.33 bits per heavy atom. The number of aromatic nitrogens is 6. The second-order valence-electron chi connectivity index (χ2n) is 13.4. The number of aromatic amines is 1. The average molecular weight is 875 g/mol. The third-order valence-electron chi connectivity index (χ3n) is 9.22. The zero-order valence-electron chi connectivity index (χ0n) is 32.5. The van der Waals surface area contributed by atoms with Crippen LogP contribution in [0.1, 0.15) is 48.6 Å². The molecule has 1 N–H and O–H groups in total. The van der Waals surface area contributed by atoms with E-state index in [-0.39, 0.29) is 30.6 Å². The first-order valence-electron chi connectivity index (χ1n) is 18.7. The fourth-order valence-corrected chi connectivity index (χ4v) is 6.81. The zero-order chi connectivity index (χ0) is 43.5. The summed E-state index contributed by atoms with van der Waals surface area (Å²) in [5, 5.41) is 32.9. The van der Waals surface area contributed by atoms with E-state index in [2.05, 4.69) is 35.3 Å². The molecule has 2 saturated heterocycles. The highest BCUT2D eigenvalue weighted by molar-refractivity contribution is 6.32. The number of ether oxygens (including phenoxy) is 7. The number of unbranched alkanes of at least 4 members (excludes halogenated alkanes) is 1. The van der Waals surface area contributed by atoms with Gasteiger partial charge in [0.25, 0.3) is 10.2 Å². The molecule has 4 heterocycles. The Hall–Kier alpha value is -6.50. The molecule has 326 valence electrons. The van der Waals surface area contributed by atoms with Crippen LogP contribution < -0.4 is 0 Å². The van der Waals surface area contributed by atoms with E-state index in [1.165, 1.54) is 6.92 Å². The Kier molecular flexibility index (Phi) is 14.9. The predicted octanol–water partition coefficient (Wildman–Crippen LogP) is 3.31.